The van der Waals surface area contributed by atoms with Gasteiger partial charge >= 0.3 is 0 Å². The number of carbonyl (C=O) groups is 2. The molecule has 110 valence electrons. The molecule has 0 saturated carbocycles. The Morgan fingerprint density at radius 2 is 2.24 bits per heavy atom. The Labute approximate surface area is 123 Å². The Balaban J connectivity index is 1.87. The average molecular weight is 287 g/mol. The second kappa shape index (κ2) is 7.29. The Morgan fingerprint density at radius 3 is 3.05 bits per heavy atom. The Kier molecular flexibility index (Phi) is 5.16. The van der Waals surface area contributed by atoms with Crippen molar-refractivity contribution in [1.29, 1.82) is 5.26 Å². The highest BCUT2D eigenvalue weighted by atomic mass is 16.5. The van der Waals surface area contributed by atoms with Crippen LogP contribution in [0.4, 0.5) is 0 Å². The predicted octanol–water partition coefficient (Wildman–Crippen LogP) is 0.722. The fraction of sp³-hybridized carbons (Fsp3) is 0.400. The molecule has 2 N–H and O–H groups in total. The molecule has 6 nitrogen and oxygen atoms in total. The van der Waals surface area contributed by atoms with Crippen LogP contribution < -0.4 is 15.4 Å². The number of amides is 2. The summed E-state index contributed by atoms with van der Waals surface area (Å²) in [6, 6.07) is 8.19. The zero-order chi connectivity index (χ0) is 15.1. The molecule has 0 aliphatic carbocycles. The first-order valence-electron chi connectivity index (χ1n) is 6.89. The number of para-hydroxylation sites is 1. The van der Waals surface area contributed by atoms with E-state index in [1.807, 2.05) is 6.07 Å². The highest BCUT2D eigenvalue weighted by molar-refractivity contribution is 5.88. The minimum absolute atomic E-state index is 0.154. The summed E-state index contributed by atoms with van der Waals surface area (Å²) in [5.74, 6) is -0.163. The van der Waals surface area contributed by atoms with E-state index >= 15 is 0 Å². The first-order chi connectivity index (χ1) is 10.2. The second-order valence-electron chi connectivity index (χ2n) is 4.80. The lowest BCUT2D eigenvalue weighted by Crippen LogP contribution is -2.46. The van der Waals surface area contributed by atoms with E-state index in [4.69, 9.17) is 10.00 Å². The van der Waals surface area contributed by atoms with Gasteiger partial charge in [-0.25, -0.2) is 0 Å². The molecule has 1 aliphatic rings. The molecule has 0 radical (unpaired) electrons. The lowest BCUT2D eigenvalue weighted by atomic mass is 10.1. The fourth-order valence-corrected chi connectivity index (χ4v) is 2.14. The number of nitrogens with one attached hydrogen (secondary N) is 2. The molecule has 0 bridgehead atoms. The van der Waals surface area contributed by atoms with Crippen LogP contribution in [-0.2, 0) is 9.59 Å². The summed E-state index contributed by atoms with van der Waals surface area (Å²) >= 11 is 0. The van der Waals surface area contributed by atoms with Crippen molar-refractivity contribution in [2.75, 3.05) is 13.2 Å². The van der Waals surface area contributed by atoms with E-state index in [1.165, 1.54) is 0 Å². The average Bonchev–Trinajstić information content (AvgIpc) is 2.70. The first kappa shape index (κ1) is 14.9. The van der Waals surface area contributed by atoms with Gasteiger partial charge in [-0.15, -0.1) is 0 Å². The molecule has 6 heteroatoms. The highest BCUT2D eigenvalue weighted by Gasteiger charge is 2.22. The molecular weight excluding hydrogens is 270 g/mol. The molecule has 1 saturated heterocycles. The molecule has 0 unspecified atom stereocenters. The number of hydrogen-bond acceptors (Lipinski definition) is 4. The molecule has 2 rings (SSSR count). The van der Waals surface area contributed by atoms with Crippen LogP contribution in [0.1, 0.15) is 24.8 Å². The quantitative estimate of drug-likeness (QED) is 0.853. The molecule has 2 amide bonds. The van der Waals surface area contributed by atoms with Crippen LogP contribution in [0.2, 0.25) is 0 Å². The number of nitrogens with zero attached hydrogens (tertiary/aromatic N) is 1. The van der Waals surface area contributed by atoms with Gasteiger partial charge in [-0.05, 0) is 31.4 Å². The van der Waals surface area contributed by atoms with Crippen LogP contribution >= 0.6 is 0 Å². The number of ether oxygens (including phenoxy) is 1. The van der Waals surface area contributed by atoms with Crippen molar-refractivity contribution in [1.82, 2.24) is 10.6 Å². The Morgan fingerprint density at radius 1 is 1.43 bits per heavy atom. The van der Waals surface area contributed by atoms with Gasteiger partial charge in [0.25, 0.3) is 5.91 Å². The number of nitriles is 1. The van der Waals surface area contributed by atoms with Gasteiger partial charge in [-0.1, -0.05) is 12.1 Å². The third-order valence-electron chi connectivity index (χ3n) is 3.24. The van der Waals surface area contributed by atoms with Crippen molar-refractivity contribution < 1.29 is 14.3 Å². The van der Waals surface area contributed by atoms with Crippen molar-refractivity contribution >= 4 is 11.8 Å². The topological polar surface area (TPSA) is 91.2 Å². The maximum Gasteiger partial charge on any atom is 0.258 e. The summed E-state index contributed by atoms with van der Waals surface area (Å²) in [6.07, 6.45) is 2.44. The molecule has 1 atom stereocenters. The molecule has 1 aromatic carbocycles. The summed E-state index contributed by atoms with van der Waals surface area (Å²) in [4.78, 5) is 23.6. The molecule has 1 fully saturated rings. The molecular formula is C15H17N3O3. The zero-order valence-electron chi connectivity index (χ0n) is 11.6. The van der Waals surface area contributed by atoms with Gasteiger partial charge in [-0.2, -0.15) is 5.26 Å². The number of rotatable bonds is 4. The minimum atomic E-state index is -0.505. The van der Waals surface area contributed by atoms with Gasteiger partial charge in [0, 0.05) is 6.54 Å². The van der Waals surface area contributed by atoms with Gasteiger partial charge in [0.05, 0.1) is 5.56 Å². The van der Waals surface area contributed by atoms with Gasteiger partial charge in [-0.3, -0.25) is 9.59 Å². The van der Waals surface area contributed by atoms with Crippen molar-refractivity contribution in [2.45, 2.75) is 25.3 Å². The summed E-state index contributed by atoms with van der Waals surface area (Å²) < 4.78 is 5.33. The summed E-state index contributed by atoms with van der Waals surface area (Å²) in [7, 11) is 0. The SMILES string of the molecule is N#Cc1ccccc1OCC(=O)N[C@H]1CCCCNC1=O. The lowest BCUT2D eigenvalue weighted by molar-refractivity contribution is -0.129. The van der Waals surface area contributed by atoms with E-state index < -0.39 is 6.04 Å². The number of hydrogen-bond donors (Lipinski definition) is 2. The summed E-state index contributed by atoms with van der Waals surface area (Å²) in [6.45, 7) is 0.430. The molecule has 1 aliphatic heterocycles. The van der Waals surface area contributed by atoms with Crippen molar-refractivity contribution in [3.05, 3.63) is 29.8 Å². The van der Waals surface area contributed by atoms with Crippen LogP contribution in [0.25, 0.3) is 0 Å². The molecule has 1 heterocycles. The Hall–Kier alpha value is -2.55. The number of benzene rings is 1. The highest BCUT2D eigenvalue weighted by Crippen LogP contribution is 2.16. The third kappa shape index (κ3) is 4.21. The zero-order valence-corrected chi connectivity index (χ0v) is 11.6. The molecule has 1 aromatic rings. The molecule has 21 heavy (non-hydrogen) atoms. The first-order valence-corrected chi connectivity index (χ1v) is 6.89. The van der Waals surface area contributed by atoms with E-state index in [2.05, 4.69) is 10.6 Å². The lowest BCUT2D eigenvalue weighted by Gasteiger charge is -2.15. The summed E-state index contributed by atoms with van der Waals surface area (Å²) in [5, 5.41) is 14.3. The molecule has 0 spiro atoms. The van der Waals surface area contributed by atoms with E-state index in [-0.39, 0.29) is 18.4 Å². The van der Waals surface area contributed by atoms with Crippen LogP contribution in [0, 0.1) is 11.3 Å². The van der Waals surface area contributed by atoms with Crippen molar-refractivity contribution in [3.8, 4) is 11.8 Å². The van der Waals surface area contributed by atoms with Gasteiger partial charge in [0.1, 0.15) is 17.9 Å². The van der Waals surface area contributed by atoms with Crippen LogP contribution in [0.5, 0.6) is 5.75 Å². The predicted molar refractivity (Wildman–Crippen MR) is 75.4 cm³/mol. The van der Waals surface area contributed by atoms with Crippen LogP contribution in [0.3, 0.4) is 0 Å². The van der Waals surface area contributed by atoms with E-state index in [0.29, 0.717) is 24.3 Å². The van der Waals surface area contributed by atoms with E-state index in [0.717, 1.165) is 12.8 Å². The van der Waals surface area contributed by atoms with Gasteiger partial charge < -0.3 is 15.4 Å². The van der Waals surface area contributed by atoms with Crippen LogP contribution in [0.15, 0.2) is 24.3 Å². The fourth-order valence-electron chi connectivity index (χ4n) is 2.14. The second-order valence-corrected chi connectivity index (χ2v) is 4.80. The Bertz CT molecular complexity index is 566. The third-order valence-corrected chi connectivity index (χ3v) is 3.24. The maximum atomic E-state index is 11.8. The van der Waals surface area contributed by atoms with E-state index in [1.54, 1.807) is 24.3 Å². The van der Waals surface area contributed by atoms with Gasteiger partial charge in [0.2, 0.25) is 5.91 Å². The number of carbonyl (C=O) groups excluding carboxylic acids is 2. The smallest absolute Gasteiger partial charge is 0.258 e. The molecule has 0 aromatic heterocycles. The summed E-state index contributed by atoms with van der Waals surface area (Å²) in [5.41, 5.74) is 0.373. The van der Waals surface area contributed by atoms with Gasteiger partial charge in [0.15, 0.2) is 6.61 Å². The normalized spacial score (nSPS) is 18.0. The van der Waals surface area contributed by atoms with Crippen molar-refractivity contribution in [3.63, 3.8) is 0 Å². The minimum Gasteiger partial charge on any atom is -0.482 e. The maximum absolute atomic E-state index is 11.8. The standard InChI is InChI=1S/C15H17N3O3/c16-9-11-5-1-2-7-13(11)21-10-14(19)18-12-6-3-4-8-17-15(12)20/h1-2,5,7,12H,3-4,6,8,10H2,(H,17,20)(H,18,19)/t12-/m0/s1. The monoisotopic (exact) mass is 287 g/mol. The van der Waals surface area contributed by atoms with E-state index in [9.17, 15) is 9.59 Å². The van der Waals surface area contributed by atoms with Crippen molar-refractivity contribution in [2.24, 2.45) is 0 Å². The largest absolute Gasteiger partial charge is 0.482 e. The van der Waals surface area contributed by atoms with Crippen LogP contribution in [-0.4, -0.2) is 31.0 Å².